The monoisotopic (exact) mass is 304 g/mol. The van der Waals surface area contributed by atoms with Gasteiger partial charge in [0.2, 0.25) is 12.9 Å². The van der Waals surface area contributed by atoms with Crippen LogP contribution in [0.15, 0.2) is 24.3 Å². The Bertz CT molecular complexity index is 646. The molecule has 1 atom stereocenters. The summed E-state index contributed by atoms with van der Waals surface area (Å²) < 4.78 is 20.6. The van der Waals surface area contributed by atoms with E-state index in [0.717, 1.165) is 5.56 Å². The van der Waals surface area contributed by atoms with E-state index < -0.39 is 23.5 Å². The number of ether oxygens (including phenoxy) is 4. The average molecular weight is 304 g/mol. The molecular weight excluding hydrogens is 288 g/mol. The van der Waals surface area contributed by atoms with Gasteiger partial charge in [-0.3, -0.25) is 0 Å². The topological polar surface area (TPSA) is 71.1 Å². The number of rotatable bonds is 3. The summed E-state index contributed by atoms with van der Waals surface area (Å²) in [5.74, 6) is 0.218. The van der Waals surface area contributed by atoms with Gasteiger partial charge in [-0.05, 0) is 23.8 Å². The first-order valence-corrected chi connectivity index (χ1v) is 6.91. The molecule has 2 aliphatic rings. The maximum atomic E-state index is 11.9. The molecule has 1 fully saturated rings. The smallest absolute Gasteiger partial charge is 0.348 e. The van der Waals surface area contributed by atoms with E-state index in [2.05, 4.69) is 0 Å². The van der Waals surface area contributed by atoms with Crippen molar-refractivity contribution < 1.29 is 28.5 Å². The lowest BCUT2D eigenvalue weighted by Gasteiger charge is -2.20. The Morgan fingerprint density at radius 3 is 2.77 bits per heavy atom. The van der Waals surface area contributed by atoms with E-state index in [1.807, 2.05) is 13.8 Å². The van der Waals surface area contributed by atoms with E-state index in [4.69, 9.17) is 18.9 Å². The minimum Gasteiger partial charge on any atom is -0.462 e. The van der Waals surface area contributed by atoms with Crippen LogP contribution < -0.4 is 9.47 Å². The zero-order valence-electron chi connectivity index (χ0n) is 12.3. The molecule has 0 saturated carbocycles. The fraction of sp³-hybridized carbons (Fsp3) is 0.375. The van der Waals surface area contributed by atoms with Gasteiger partial charge in [-0.15, -0.1) is 0 Å². The second-order valence-corrected chi connectivity index (χ2v) is 5.86. The minimum absolute atomic E-state index is 0.198. The molecule has 3 rings (SSSR count). The Labute approximate surface area is 127 Å². The summed E-state index contributed by atoms with van der Waals surface area (Å²) in [6, 6.07) is 5.33. The molecule has 0 unspecified atom stereocenters. The van der Waals surface area contributed by atoms with Gasteiger partial charge in [0.05, 0.1) is 0 Å². The van der Waals surface area contributed by atoms with E-state index in [-0.39, 0.29) is 13.4 Å². The number of carbonyl (C=O) groups excluding carboxylic acids is 2. The Morgan fingerprint density at radius 1 is 1.27 bits per heavy atom. The predicted molar refractivity (Wildman–Crippen MR) is 76.2 cm³/mol. The van der Waals surface area contributed by atoms with E-state index in [0.29, 0.717) is 11.5 Å². The number of carbonyl (C=O) groups is 2. The Balaban J connectivity index is 1.65. The standard InChI is InChI=1S/C16H16O6/c1-16(2)8-19-15(18)14(16)22-13(17)6-4-10-3-5-11-12(7-10)21-9-20-11/h3-7,14H,8-9H2,1-2H3/b6-4+/t14-/m0/s1. The molecule has 0 amide bonds. The van der Waals surface area contributed by atoms with Crippen molar-refractivity contribution in [1.29, 1.82) is 0 Å². The van der Waals surface area contributed by atoms with Crippen LogP contribution in [0, 0.1) is 5.41 Å². The first-order valence-electron chi connectivity index (χ1n) is 6.91. The zero-order valence-corrected chi connectivity index (χ0v) is 12.3. The van der Waals surface area contributed by atoms with Crippen LogP contribution in [0.2, 0.25) is 0 Å². The lowest BCUT2D eigenvalue weighted by atomic mass is 9.90. The first kappa shape index (κ1) is 14.4. The molecule has 0 radical (unpaired) electrons. The minimum atomic E-state index is -0.874. The van der Waals surface area contributed by atoms with Crippen LogP contribution in [0.1, 0.15) is 19.4 Å². The summed E-state index contributed by atoms with van der Waals surface area (Å²) in [5, 5.41) is 0. The third kappa shape index (κ3) is 2.77. The molecule has 22 heavy (non-hydrogen) atoms. The van der Waals surface area contributed by atoms with Gasteiger partial charge in [0.25, 0.3) is 0 Å². The van der Waals surface area contributed by atoms with Gasteiger partial charge in [-0.1, -0.05) is 19.9 Å². The highest BCUT2D eigenvalue weighted by molar-refractivity contribution is 5.90. The van der Waals surface area contributed by atoms with Crippen LogP contribution in [0.5, 0.6) is 11.5 Å². The second-order valence-electron chi connectivity index (χ2n) is 5.86. The molecule has 1 aromatic rings. The van der Waals surface area contributed by atoms with Crippen molar-refractivity contribution in [1.82, 2.24) is 0 Å². The number of esters is 2. The largest absolute Gasteiger partial charge is 0.462 e. The van der Waals surface area contributed by atoms with Crippen LogP contribution in [-0.4, -0.2) is 31.4 Å². The number of benzene rings is 1. The lowest BCUT2D eigenvalue weighted by Crippen LogP contribution is -2.34. The van der Waals surface area contributed by atoms with E-state index >= 15 is 0 Å². The van der Waals surface area contributed by atoms with Crippen molar-refractivity contribution in [2.45, 2.75) is 20.0 Å². The highest BCUT2D eigenvalue weighted by Crippen LogP contribution is 2.33. The summed E-state index contributed by atoms with van der Waals surface area (Å²) in [6.07, 6.45) is 2.00. The summed E-state index contributed by atoms with van der Waals surface area (Å²) in [5.41, 5.74) is 0.258. The van der Waals surface area contributed by atoms with E-state index in [9.17, 15) is 9.59 Å². The highest BCUT2D eigenvalue weighted by atomic mass is 16.7. The maximum Gasteiger partial charge on any atom is 0.348 e. The molecule has 1 aromatic carbocycles. The number of fused-ring (bicyclic) bond motifs is 1. The molecule has 0 spiro atoms. The molecular formula is C16H16O6. The Morgan fingerprint density at radius 2 is 2.05 bits per heavy atom. The summed E-state index contributed by atoms with van der Waals surface area (Å²) in [6.45, 7) is 4.08. The molecule has 2 heterocycles. The van der Waals surface area contributed by atoms with E-state index in [1.165, 1.54) is 6.08 Å². The SMILES string of the molecule is CC1(C)COC(=O)[C@@H]1OC(=O)/C=C/c1ccc2c(c1)OCO2. The third-order valence-electron chi connectivity index (χ3n) is 3.55. The van der Waals surface area contributed by atoms with Gasteiger partial charge in [-0.25, -0.2) is 9.59 Å². The van der Waals surface area contributed by atoms with E-state index in [1.54, 1.807) is 24.3 Å². The van der Waals surface area contributed by atoms with Crippen molar-refractivity contribution in [2.75, 3.05) is 13.4 Å². The summed E-state index contributed by atoms with van der Waals surface area (Å²) in [4.78, 5) is 23.4. The molecule has 0 aromatic heterocycles. The Kier molecular flexibility index (Phi) is 3.52. The highest BCUT2D eigenvalue weighted by Gasteiger charge is 2.46. The van der Waals surface area contributed by atoms with Gasteiger partial charge in [0, 0.05) is 11.5 Å². The maximum absolute atomic E-state index is 11.9. The molecule has 0 N–H and O–H groups in total. The van der Waals surface area contributed by atoms with Crippen molar-refractivity contribution in [2.24, 2.45) is 5.41 Å². The molecule has 0 aliphatic carbocycles. The number of hydrogen-bond donors (Lipinski definition) is 0. The summed E-state index contributed by atoms with van der Waals surface area (Å²) >= 11 is 0. The zero-order chi connectivity index (χ0) is 15.7. The lowest BCUT2D eigenvalue weighted by molar-refractivity contribution is -0.159. The summed E-state index contributed by atoms with van der Waals surface area (Å²) in [7, 11) is 0. The second kappa shape index (κ2) is 5.36. The average Bonchev–Trinajstić information content (AvgIpc) is 3.04. The van der Waals surface area contributed by atoms with Gasteiger partial charge in [0.15, 0.2) is 11.5 Å². The van der Waals surface area contributed by atoms with Gasteiger partial charge < -0.3 is 18.9 Å². The van der Waals surface area contributed by atoms with Crippen molar-refractivity contribution >= 4 is 18.0 Å². The molecule has 0 bridgehead atoms. The van der Waals surface area contributed by atoms with Crippen LogP contribution in [0.25, 0.3) is 6.08 Å². The predicted octanol–water partition coefficient (Wildman–Crippen LogP) is 1.92. The van der Waals surface area contributed by atoms with Crippen molar-refractivity contribution in [3.05, 3.63) is 29.8 Å². The van der Waals surface area contributed by atoms with Crippen LogP contribution in [0.4, 0.5) is 0 Å². The van der Waals surface area contributed by atoms with Crippen LogP contribution in [0.3, 0.4) is 0 Å². The first-order chi connectivity index (χ1) is 10.5. The third-order valence-corrected chi connectivity index (χ3v) is 3.55. The molecule has 6 heteroatoms. The normalized spacial score (nSPS) is 21.9. The van der Waals surface area contributed by atoms with Crippen LogP contribution >= 0.6 is 0 Å². The van der Waals surface area contributed by atoms with Gasteiger partial charge >= 0.3 is 11.9 Å². The molecule has 2 aliphatic heterocycles. The number of hydrogen-bond acceptors (Lipinski definition) is 6. The fourth-order valence-corrected chi connectivity index (χ4v) is 2.27. The Hall–Kier alpha value is -2.50. The van der Waals surface area contributed by atoms with Crippen LogP contribution in [-0.2, 0) is 19.1 Å². The van der Waals surface area contributed by atoms with Crippen molar-refractivity contribution in [3.8, 4) is 11.5 Å². The molecule has 116 valence electrons. The fourth-order valence-electron chi connectivity index (χ4n) is 2.27. The molecule has 1 saturated heterocycles. The van der Waals surface area contributed by atoms with Gasteiger partial charge in [-0.2, -0.15) is 0 Å². The molecule has 6 nitrogen and oxygen atoms in total. The quantitative estimate of drug-likeness (QED) is 0.627. The van der Waals surface area contributed by atoms with Crippen molar-refractivity contribution in [3.63, 3.8) is 0 Å². The number of cyclic esters (lactones) is 1. The van der Waals surface area contributed by atoms with Gasteiger partial charge in [0.1, 0.15) is 6.61 Å².